The van der Waals surface area contributed by atoms with Gasteiger partial charge in [-0.3, -0.25) is 4.79 Å². The number of nitrogens with zero attached hydrogens (tertiary/aromatic N) is 5. The van der Waals surface area contributed by atoms with E-state index in [9.17, 15) is 9.59 Å². The number of aldehydes is 1. The van der Waals surface area contributed by atoms with Gasteiger partial charge in [0.2, 0.25) is 0 Å². The molecule has 1 atom stereocenters. The van der Waals surface area contributed by atoms with Crippen molar-refractivity contribution in [2.24, 2.45) is 11.7 Å². The average molecular weight is 288 g/mol. The molecule has 0 fully saturated rings. The van der Waals surface area contributed by atoms with Crippen LogP contribution in [0.5, 0.6) is 0 Å². The summed E-state index contributed by atoms with van der Waals surface area (Å²) < 4.78 is 3.24. The molecule has 2 aromatic heterocycles. The normalized spacial score (nSPS) is 12.0. The van der Waals surface area contributed by atoms with Crippen molar-refractivity contribution in [2.45, 2.75) is 19.9 Å². The highest BCUT2D eigenvalue weighted by Gasteiger charge is 2.12. The fraction of sp³-hybridized carbons (Fsp3) is 0.308. The Labute approximate surface area is 121 Å². The Balaban J connectivity index is 2.18. The molecule has 110 valence electrons. The van der Waals surface area contributed by atoms with Crippen LogP contribution in [0.2, 0.25) is 0 Å². The predicted octanol–water partition coefficient (Wildman–Crippen LogP) is 0.0998. The van der Waals surface area contributed by atoms with Gasteiger partial charge in [-0.1, -0.05) is 18.7 Å². The summed E-state index contributed by atoms with van der Waals surface area (Å²) in [5.41, 5.74) is 5.95. The maximum atomic E-state index is 11.0. The zero-order valence-corrected chi connectivity index (χ0v) is 11.6. The van der Waals surface area contributed by atoms with Crippen LogP contribution >= 0.6 is 0 Å². The van der Waals surface area contributed by atoms with Crippen LogP contribution in [-0.4, -0.2) is 36.7 Å². The van der Waals surface area contributed by atoms with Gasteiger partial charge in [-0.25, -0.2) is 9.67 Å². The SMILES string of the molecule is C=Cn1cc(Cn2cc(C(N)=O)nn2)nc1C[C@H](C)C=O. The van der Waals surface area contributed by atoms with Gasteiger partial charge in [0.25, 0.3) is 5.91 Å². The lowest BCUT2D eigenvalue weighted by atomic mass is 10.1. The van der Waals surface area contributed by atoms with Gasteiger partial charge in [0, 0.05) is 24.7 Å². The first-order chi connectivity index (χ1) is 10.0. The first-order valence-corrected chi connectivity index (χ1v) is 6.38. The second-order valence-electron chi connectivity index (χ2n) is 4.72. The minimum absolute atomic E-state index is 0.105. The number of amides is 1. The van der Waals surface area contributed by atoms with Crippen molar-refractivity contribution in [1.29, 1.82) is 0 Å². The molecule has 21 heavy (non-hydrogen) atoms. The summed E-state index contributed by atoms with van der Waals surface area (Å²) in [4.78, 5) is 26.2. The van der Waals surface area contributed by atoms with Crippen LogP contribution in [0.4, 0.5) is 0 Å². The standard InChI is InChI=1S/C13H16N6O2/c1-3-18-5-10(15-12(18)4-9(2)8-20)6-19-7-11(13(14)21)16-17-19/h3,5,7-9H,1,4,6H2,2H3,(H2,14,21)/t9-/m0/s1. The lowest BCUT2D eigenvalue weighted by Crippen LogP contribution is -2.11. The van der Waals surface area contributed by atoms with E-state index >= 15 is 0 Å². The molecular weight excluding hydrogens is 272 g/mol. The van der Waals surface area contributed by atoms with Crippen molar-refractivity contribution in [3.8, 4) is 0 Å². The van der Waals surface area contributed by atoms with E-state index in [1.165, 1.54) is 10.9 Å². The van der Waals surface area contributed by atoms with Crippen molar-refractivity contribution < 1.29 is 9.59 Å². The number of carbonyl (C=O) groups excluding carboxylic acids is 2. The summed E-state index contributed by atoms with van der Waals surface area (Å²) in [6.45, 7) is 5.89. The van der Waals surface area contributed by atoms with Gasteiger partial charge in [-0.2, -0.15) is 0 Å². The number of carbonyl (C=O) groups is 2. The minimum atomic E-state index is -0.627. The molecule has 0 aliphatic rings. The molecule has 1 amide bonds. The van der Waals surface area contributed by atoms with Crippen LogP contribution in [0, 0.1) is 5.92 Å². The quantitative estimate of drug-likeness (QED) is 0.727. The first-order valence-electron chi connectivity index (χ1n) is 6.38. The Bertz CT molecular complexity index is 672. The summed E-state index contributed by atoms with van der Waals surface area (Å²) in [7, 11) is 0. The monoisotopic (exact) mass is 288 g/mol. The molecule has 0 bridgehead atoms. The number of nitrogens with two attached hydrogens (primary N) is 1. The van der Waals surface area contributed by atoms with Gasteiger partial charge < -0.3 is 15.1 Å². The van der Waals surface area contributed by atoms with Crippen LogP contribution in [0.25, 0.3) is 6.20 Å². The number of aromatic nitrogens is 5. The fourth-order valence-electron chi connectivity index (χ4n) is 1.86. The summed E-state index contributed by atoms with van der Waals surface area (Å²) in [5.74, 6) is -0.00000742. The van der Waals surface area contributed by atoms with E-state index < -0.39 is 5.91 Å². The molecule has 0 aliphatic heterocycles. The Morgan fingerprint density at radius 2 is 2.29 bits per heavy atom. The Morgan fingerprint density at radius 1 is 1.52 bits per heavy atom. The second-order valence-corrected chi connectivity index (χ2v) is 4.72. The summed E-state index contributed by atoms with van der Waals surface area (Å²) >= 11 is 0. The van der Waals surface area contributed by atoms with Crippen LogP contribution in [-0.2, 0) is 17.8 Å². The van der Waals surface area contributed by atoms with Gasteiger partial charge in [0.05, 0.1) is 18.4 Å². The Hall–Kier alpha value is -2.77. The lowest BCUT2D eigenvalue weighted by molar-refractivity contribution is -0.110. The molecular formula is C13H16N6O2. The van der Waals surface area contributed by atoms with Gasteiger partial charge in [-0.05, 0) is 0 Å². The molecule has 0 aliphatic carbocycles. The van der Waals surface area contributed by atoms with Gasteiger partial charge in [0.1, 0.15) is 12.1 Å². The minimum Gasteiger partial charge on any atom is -0.364 e. The third kappa shape index (κ3) is 3.41. The number of rotatable bonds is 7. The number of imidazole rings is 1. The van der Waals surface area contributed by atoms with Crippen LogP contribution in [0.1, 0.15) is 28.9 Å². The zero-order chi connectivity index (χ0) is 15.4. The second kappa shape index (κ2) is 6.12. The molecule has 0 aromatic carbocycles. The molecule has 0 saturated carbocycles. The van der Waals surface area contributed by atoms with E-state index in [1.807, 2.05) is 6.92 Å². The molecule has 0 unspecified atom stereocenters. The van der Waals surface area contributed by atoms with Crippen molar-refractivity contribution >= 4 is 18.4 Å². The van der Waals surface area contributed by atoms with Crippen LogP contribution in [0.3, 0.4) is 0 Å². The molecule has 0 spiro atoms. The van der Waals surface area contributed by atoms with E-state index in [2.05, 4.69) is 21.9 Å². The van der Waals surface area contributed by atoms with E-state index in [1.54, 1.807) is 17.0 Å². The predicted molar refractivity (Wildman–Crippen MR) is 75.2 cm³/mol. The fourth-order valence-corrected chi connectivity index (χ4v) is 1.86. The van der Waals surface area contributed by atoms with Crippen molar-refractivity contribution in [1.82, 2.24) is 24.5 Å². The lowest BCUT2D eigenvalue weighted by Gasteiger charge is -2.03. The van der Waals surface area contributed by atoms with Gasteiger partial charge >= 0.3 is 0 Å². The number of hydrogen-bond donors (Lipinski definition) is 1. The molecule has 2 heterocycles. The van der Waals surface area contributed by atoms with E-state index in [4.69, 9.17) is 5.73 Å². The smallest absolute Gasteiger partial charge is 0.270 e. The molecule has 0 radical (unpaired) electrons. The molecule has 2 N–H and O–H groups in total. The first kappa shape index (κ1) is 14.6. The largest absolute Gasteiger partial charge is 0.364 e. The van der Waals surface area contributed by atoms with E-state index in [-0.39, 0.29) is 11.6 Å². The summed E-state index contributed by atoms with van der Waals surface area (Å²) in [5, 5.41) is 7.47. The zero-order valence-electron chi connectivity index (χ0n) is 11.6. The van der Waals surface area contributed by atoms with Crippen molar-refractivity contribution in [3.05, 3.63) is 36.2 Å². The highest BCUT2D eigenvalue weighted by Crippen LogP contribution is 2.10. The maximum absolute atomic E-state index is 11.0. The average Bonchev–Trinajstić information content (AvgIpc) is 3.06. The maximum Gasteiger partial charge on any atom is 0.270 e. The number of primary amides is 1. The third-order valence-corrected chi connectivity index (χ3v) is 2.91. The van der Waals surface area contributed by atoms with E-state index in [0.717, 1.165) is 17.8 Å². The molecule has 2 rings (SSSR count). The third-order valence-electron chi connectivity index (χ3n) is 2.91. The molecule has 2 aromatic rings. The van der Waals surface area contributed by atoms with Crippen LogP contribution in [0.15, 0.2) is 19.0 Å². The number of hydrogen-bond acceptors (Lipinski definition) is 5. The summed E-state index contributed by atoms with van der Waals surface area (Å²) in [6.07, 6.45) is 6.30. The summed E-state index contributed by atoms with van der Waals surface area (Å²) in [6, 6.07) is 0. The molecule has 8 nitrogen and oxygen atoms in total. The van der Waals surface area contributed by atoms with Crippen molar-refractivity contribution in [3.63, 3.8) is 0 Å². The van der Waals surface area contributed by atoms with Gasteiger partial charge in [0.15, 0.2) is 5.69 Å². The topological polar surface area (TPSA) is 109 Å². The Kier molecular flexibility index (Phi) is 4.27. The van der Waals surface area contributed by atoms with Gasteiger partial charge in [-0.15, -0.1) is 5.10 Å². The van der Waals surface area contributed by atoms with Crippen molar-refractivity contribution in [2.75, 3.05) is 0 Å². The van der Waals surface area contributed by atoms with Crippen LogP contribution < -0.4 is 5.73 Å². The Morgan fingerprint density at radius 3 is 2.86 bits per heavy atom. The highest BCUT2D eigenvalue weighted by molar-refractivity contribution is 5.90. The highest BCUT2D eigenvalue weighted by atomic mass is 16.1. The molecule has 8 heteroatoms. The molecule has 0 saturated heterocycles. The van der Waals surface area contributed by atoms with E-state index in [0.29, 0.717) is 13.0 Å².